The van der Waals surface area contributed by atoms with E-state index in [1.807, 2.05) is 36.4 Å². The van der Waals surface area contributed by atoms with Gasteiger partial charge < -0.3 is 4.74 Å². The lowest BCUT2D eigenvalue weighted by Gasteiger charge is -2.36. The van der Waals surface area contributed by atoms with Crippen LogP contribution in [-0.4, -0.2) is 18.4 Å². The molecule has 1 fully saturated rings. The Kier molecular flexibility index (Phi) is 3.90. The highest BCUT2D eigenvalue weighted by Crippen LogP contribution is 2.58. The van der Waals surface area contributed by atoms with Crippen LogP contribution in [0.3, 0.4) is 0 Å². The molecule has 0 spiro atoms. The average Bonchev–Trinajstić information content (AvgIpc) is 2.76. The molecule has 0 bridgehead atoms. The third kappa shape index (κ3) is 2.20. The van der Waals surface area contributed by atoms with E-state index < -0.39 is 5.92 Å². The van der Waals surface area contributed by atoms with Gasteiger partial charge in [-0.2, -0.15) is 0 Å². The van der Waals surface area contributed by atoms with Crippen molar-refractivity contribution in [2.75, 3.05) is 6.61 Å². The zero-order valence-electron chi connectivity index (χ0n) is 13.2. The third-order valence-electron chi connectivity index (χ3n) is 5.13. The van der Waals surface area contributed by atoms with Gasteiger partial charge in [0.25, 0.3) is 0 Å². The van der Waals surface area contributed by atoms with Gasteiger partial charge in [0.05, 0.1) is 6.61 Å². The van der Waals surface area contributed by atoms with E-state index in [2.05, 4.69) is 6.92 Å². The van der Waals surface area contributed by atoms with Gasteiger partial charge in [-0.3, -0.25) is 9.59 Å². The van der Waals surface area contributed by atoms with Crippen LogP contribution in [0.1, 0.15) is 44.6 Å². The zero-order chi connectivity index (χ0) is 15.7. The Morgan fingerprint density at radius 1 is 1.32 bits per heavy atom. The van der Waals surface area contributed by atoms with Crippen LogP contribution in [0, 0.1) is 11.3 Å². The third-order valence-corrected chi connectivity index (χ3v) is 5.13. The molecule has 1 saturated carbocycles. The molecule has 3 atom stereocenters. The number of ether oxygens (including phenoxy) is 1. The van der Waals surface area contributed by atoms with Gasteiger partial charge in [-0.15, -0.1) is 0 Å². The van der Waals surface area contributed by atoms with Crippen LogP contribution in [0.25, 0.3) is 0 Å². The van der Waals surface area contributed by atoms with E-state index in [0.29, 0.717) is 6.61 Å². The fraction of sp³-hybridized carbons (Fsp3) is 0.474. The van der Waals surface area contributed by atoms with Crippen LogP contribution >= 0.6 is 0 Å². The summed E-state index contributed by atoms with van der Waals surface area (Å²) in [5, 5.41) is 0. The molecule has 0 aliphatic heterocycles. The Morgan fingerprint density at radius 3 is 2.73 bits per heavy atom. The first-order chi connectivity index (χ1) is 10.6. The average molecular weight is 298 g/mol. The largest absolute Gasteiger partial charge is 0.465 e. The molecule has 0 N–H and O–H groups in total. The van der Waals surface area contributed by atoms with Crippen LogP contribution < -0.4 is 0 Å². The molecule has 0 saturated heterocycles. The van der Waals surface area contributed by atoms with Crippen molar-refractivity contribution in [3.63, 3.8) is 0 Å². The standard InChI is InChI=1S/C19H22O3/c1-3-22-18(21)15-16(13-9-5-4-6-10-13)19(2)12-8-7-11-14(19)17(15)20/h4-6,9-11,15-16H,3,7-8,12H2,1-2H3/t15-,16-,19-/m0/s1. The summed E-state index contributed by atoms with van der Waals surface area (Å²) < 4.78 is 5.21. The predicted octanol–water partition coefficient (Wildman–Crippen LogP) is 3.65. The van der Waals surface area contributed by atoms with Crippen LogP contribution in [0.5, 0.6) is 0 Å². The minimum atomic E-state index is -0.698. The van der Waals surface area contributed by atoms with Crippen molar-refractivity contribution in [3.8, 4) is 0 Å². The summed E-state index contributed by atoms with van der Waals surface area (Å²) in [5.74, 6) is -1.23. The van der Waals surface area contributed by atoms with E-state index in [0.717, 1.165) is 30.4 Å². The van der Waals surface area contributed by atoms with E-state index in [1.54, 1.807) is 6.92 Å². The van der Waals surface area contributed by atoms with Gasteiger partial charge in [0, 0.05) is 11.3 Å². The monoisotopic (exact) mass is 298 g/mol. The van der Waals surface area contributed by atoms with Gasteiger partial charge >= 0.3 is 5.97 Å². The number of carbonyl (C=O) groups excluding carboxylic acids is 2. The molecule has 0 aromatic heterocycles. The summed E-state index contributed by atoms with van der Waals surface area (Å²) in [7, 11) is 0. The molecule has 0 heterocycles. The molecule has 3 rings (SSSR count). The molecule has 3 nitrogen and oxygen atoms in total. The second-order valence-corrected chi connectivity index (χ2v) is 6.41. The minimum absolute atomic E-state index is 0.0329. The second-order valence-electron chi connectivity index (χ2n) is 6.41. The van der Waals surface area contributed by atoms with E-state index in [1.165, 1.54) is 0 Å². The van der Waals surface area contributed by atoms with Crippen molar-refractivity contribution in [3.05, 3.63) is 47.5 Å². The Balaban J connectivity index is 2.11. The number of fused-ring (bicyclic) bond motifs is 1. The highest BCUT2D eigenvalue weighted by atomic mass is 16.5. The molecular formula is C19H22O3. The lowest BCUT2D eigenvalue weighted by atomic mass is 9.67. The fourth-order valence-electron chi connectivity index (χ4n) is 4.17. The van der Waals surface area contributed by atoms with Crippen molar-refractivity contribution >= 4 is 11.8 Å². The quantitative estimate of drug-likeness (QED) is 0.632. The fourth-order valence-corrected chi connectivity index (χ4v) is 4.17. The Morgan fingerprint density at radius 2 is 2.05 bits per heavy atom. The Hall–Kier alpha value is -1.90. The minimum Gasteiger partial charge on any atom is -0.465 e. The molecule has 0 radical (unpaired) electrons. The number of carbonyl (C=O) groups is 2. The van der Waals surface area contributed by atoms with Gasteiger partial charge in [0.2, 0.25) is 0 Å². The van der Waals surface area contributed by atoms with Crippen LogP contribution in [0.4, 0.5) is 0 Å². The maximum Gasteiger partial charge on any atom is 0.317 e. The lowest BCUT2D eigenvalue weighted by Crippen LogP contribution is -2.30. The number of allylic oxidation sites excluding steroid dienone is 2. The summed E-state index contributed by atoms with van der Waals surface area (Å²) in [4.78, 5) is 25.3. The molecule has 1 aromatic rings. The summed E-state index contributed by atoms with van der Waals surface area (Å²) >= 11 is 0. The molecule has 2 aliphatic carbocycles. The molecule has 0 unspecified atom stereocenters. The maximum atomic E-state index is 12.9. The van der Waals surface area contributed by atoms with Gasteiger partial charge in [-0.25, -0.2) is 0 Å². The van der Waals surface area contributed by atoms with E-state index in [-0.39, 0.29) is 23.1 Å². The molecule has 1 aromatic carbocycles. The molecule has 2 aliphatic rings. The van der Waals surface area contributed by atoms with E-state index in [4.69, 9.17) is 4.74 Å². The van der Waals surface area contributed by atoms with E-state index >= 15 is 0 Å². The smallest absolute Gasteiger partial charge is 0.317 e. The second kappa shape index (κ2) is 5.71. The van der Waals surface area contributed by atoms with Crippen molar-refractivity contribution in [1.82, 2.24) is 0 Å². The Bertz CT molecular complexity index is 617. The highest BCUT2D eigenvalue weighted by molar-refractivity contribution is 6.12. The number of hydrogen-bond acceptors (Lipinski definition) is 3. The number of ketones is 1. The van der Waals surface area contributed by atoms with Gasteiger partial charge in [-0.05, 0) is 37.3 Å². The molecule has 3 heteroatoms. The molecule has 0 amide bonds. The van der Waals surface area contributed by atoms with Crippen LogP contribution in [0.2, 0.25) is 0 Å². The van der Waals surface area contributed by atoms with Crippen molar-refractivity contribution in [1.29, 1.82) is 0 Å². The van der Waals surface area contributed by atoms with E-state index in [9.17, 15) is 9.59 Å². The maximum absolute atomic E-state index is 12.9. The van der Waals surface area contributed by atoms with Crippen LogP contribution in [-0.2, 0) is 14.3 Å². The molecule has 22 heavy (non-hydrogen) atoms. The topological polar surface area (TPSA) is 43.4 Å². The number of benzene rings is 1. The number of rotatable bonds is 3. The number of hydrogen-bond donors (Lipinski definition) is 0. The van der Waals surface area contributed by atoms with Crippen molar-refractivity contribution in [2.24, 2.45) is 11.3 Å². The normalized spacial score (nSPS) is 30.6. The summed E-state index contributed by atoms with van der Waals surface area (Å²) in [5.41, 5.74) is 1.64. The van der Waals surface area contributed by atoms with Gasteiger partial charge in [0.15, 0.2) is 5.78 Å². The SMILES string of the molecule is CCOC(=O)[C@@H]1C(=O)C2=CCCC[C@]2(C)[C@H]1c1ccccc1. The summed E-state index contributed by atoms with van der Waals surface area (Å²) in [6.07, 6.45) is 4.97. The lowest BCUT2D eigenvalue weighted by molar-refractivity contribution is -0.151. The highest BCUT2D eigenvalue weighted by Gasteiger charge is 2.57. The summed E-state index contributed by atoms with van der Waals surface area (Å²) in [6, 6.07) is 9.94. The van der Waals surface area contributed by atoms with Gasteiger partial charge in [-0.1, -0.05) is 43.3 Å². The van der Waals surface area contributed by atoms with Crippen LogP contribution in [0.15, 0.2) is 42.0 Å². The van der Waals surface area contributed by atoms with Crippen molar-refractivity contribution < 1.29 is 14.3 Å². The zero-order valence-corrected chi connectivity index (χ0v) is 13.2. The van der Waals surface area contributed by atoms with Gasteiger partial charge in [0.1, 0.15) is 5.92 Å². The molecular weight excluding hydrogens is 276 g/mol. The summed E-state index contributed by atoms with van der Waals surface area (Å²) in [6.45, 7) is 4.22. The predicted molar refractivity (Wildman–Crippen MR) is 84.4 cm³/mol. The first-order valence-corrected chi connectivity index (χ1v) is 8.06. The number of esters is 1. The van der Waals surface area contributed by atoms with Crippen molar-refractivity contribution in [2.45, 2.75) is 39.0 Å². The Labute approximate surface area is 131 Å². The molecule has 116 valence electrons. The first kappa shape index (κ1) is 15.0. The first-order valence-electron chi connectivity index (χ1n) is 8.06. The number of Topliss-reactive ketones (excluding diaryl/α,β-unsaturated/α-hetero) is 1.